The fourth-order valence-corrected chi connectivity index (χ4v) is 4.05. The number of alkyl halides is 3. The van der Waals surface area contributed by atoms with Gasteiger partial charge < -0.3 is 9.88 Å². The zero-order chi connectivity index (χ0) is 20.9. The maximum Gasteiger partial charge on any atom is 0.405 e. The number of aromatic amines is 1. The second kappa shape index (κ2) is 6.63. The van der Waals surface area contributed by atoms with Crippen LogP contribution in [0.15, 0.2) is 47.3 Å². The molecular formula is C23H18F3N3O. The van der Waals surface area contributed by atoms with E-state index in [4.69, 9.17) is 0 Å². The molecule has 2 heterocycles. The third-order valence-corrected chi connectivity index (χ3v) is 5.85. The summed E-state index contributed by atoms with van der Waals surface area (Å²) < 4.78 is 39.8. The van der Waals surface area contributed by atoms with Crippen molar-refractivity contribution in [1.29, 1.82) is 0 Å². The average Bonchev–Trinajstić information content (AvgIpc) is 3.52. The van der Waals surface area contributed by atoms with Crippen LogP contribution < -0.4 is 10.6 Å². The monoisotopic (exact) mass is 409 g/mol. The van der Waals surface area contributed by atoms with Crippen LogP contribution in [0.3, 0.4) is 0 Å². The fourth-order valence-electron chi connectivity index (χ4n) is 4.05. The van der Waals surface area contributed by atoms with Gasteiger partial charge in [0.1, 0.15) is 11.2 Å². The van der Waals surface area contributed by atoms with E-state index in [0.717, 1.165) is 29.5 Å². The van der Waals surface area contributed by atoms with Crippen molar-refractivity contribution in [2.45, 2.75) is 31.9 Å². The number of rotatable bonds is 1. The van der Waals surface area contributed by atoms with Crippen LogP contribution in [0.2, 0.25) is 0 Å². The maximum atomic E-state index is 13.3. The van der Waals surface area contributed by atoms with Crippen molar-refractivity contribution in [3.05, 3.63) is 64.1 Å². The second-order valence-electron chi connectivity index (χ2n) is 7.80. The van der Waals surface area contributed by atoms with Crippen molar-refractivity contribution < 1.29 is 13.2 Å². The van der Waals surface area contributed by atoms with E-state index < -0.39 is 17.3 Å². The molecule has 0 unspecified atom stereocenters. The van der Waals surface area contributed by atoms with Gasteiger partial charge in [0, 0.05) is 23.2 Å². The average molecular weight is 409 g/mol. The molecule has 1 aliphatic heterocycles. The molecule has 0 bridgehead atoms. The molecule has 0 radical (unpaired) electrons. The van der Waals surface area contributed by atoms with E-state index in [1.807, 2.05) is 35.2 Å². The van der Waals surface area contributed by atoms with Crippen LogP contribution in [0.1, 0.15) is 30.4 Å². The van der Waals surface area contributed by atoms with E-state index >= 15 is 0 Å². The summed E-state index contributed by atoms with van der Waals surface area (Å²) in [5.74, 6) is 5.87. The first kappa shape index (κ1) is 18.7. The number of aromatic nitrogens is 2. The Bertz CT molecular complexity index is 1260. The highest BCUT2D eigenvalue weighted by atomic mass is 19.4. The number of anilines is 2. The summed E-state index contributed by atoms with van der Waals surface area (Å²) in [6.45, 7) is 0.664. The molecule has 2 aromatic carbocycles. The number of hydrogen-bond acceptors (Lipinski definition) is 3. The van der Waals surface area contributed by atoms with Crippen LogP contribution in [0.4, 0.5) is 24.7 Å². The summed E-state index contributed by atoms with van der Waals surface area (Å²) in [6.07, 6.45) is -2.66. The number of hydrogen-bond donors (Lipinski definition) is 1. The molecule has 1 fully saturated rings. The number of halogens is 3. The number of fused-ring (bicyclic) bond motifs is 2. The van der Waals surface area contributed by atoms with Crippen LogP contribution in [0.25, 0.3) is 10.9 Å². The van der Waals surface area contributed by atoms with E-state index in [9.17, 15) is 18.0 Å². The lowest BCUT2D eigenvalue weighted by Crippen LogP contribution is -2.28. The van der Waals surface area contributed by atoms with E-state index in [1.54, 1.807) is 12.1 Å². The number of H-pyrrole nitrogens is 1. The minimum atomic E-state index is -4.30. The van der Waals surface area contributed by atoms with Crippen molar-refractivity contribution in [3.8, 4) is 11.8 Å². The Morgan fingerprint density at radius 1 is 1.10 bits per heavy atom. The van der Waals surface area contributed by atoms with Gasteiger partial charge in [0.25, 0.3) is 0 Å². The largest absolute Gasteiger partial charge is 0.405 e. The Balaban J connectivity index is 1.61. The first-order valence-electron chi connectivity index (χ1n) is 9.86. The summed E-state index contributed by atoms with van der Waals surface area (Å²) in [5.41, 5.74) is 0.758. The summed E-state index contributed by atoms with van der Waals surface area (Å²) >= 11 is 0. The molecule has 3 aromatic rings. The Morgan fingerprint density at radius 2 is 1.90 bits per heavy atom. The van der Waals surface area contributed by atoms with Gasteiger partial charge in [-0.3, -0.25) is 0 Å². The third-order valence-electron chi connectivity index (χ3n) is 5.85. The van der Waals surface area contributed by atoms with Gasteiger partial charge in [-0.2, -0.15) is 18.2 Å². The van der Waals surface area contributed by atoms with Crippen molar-refractivity contribution in [2.24, 2.45) is 5.41 Å². The van der Waals surface area contributed by atoms with Gasteiger partial charge in [0.15, 0.2) is 0 Å². The molecule has 5 rings (SSSR count). The molecule has 1 aliphatic carbocycles. The van der Waals surface area contributed by atoms with Gasteiger partial charge >= 0.3 is 11.9 Å². The van der Waals surface area contributed by atoms with Gasteiger partial charge in [0.2, 0.25) is 0 Å². The van der Waals surface area contributed by atoms with E-state index in [-0.39, 0.29) is 12.8 Å². The highest BCUT2D eigenvalue weighted by Gasteiger charge is 2.62. The predicted octanol–water partition coefficient (Wildman–Crippen LogP) is 4.70. The smallest absolute Gasteiger partial charge is 0.325 e. The van der Waals surface area contributed by atoms with Crippen molar-refractivity contribution >= 4 is 22.4 Å². The topological polar surface area (TPSA) is 49.0 Å². The molecule has 152 valence electrons. The SMILES string of the molecule is O=c1nc(N2CCCc3c(C#CC4(C(F)(F)F)CC4)cccc32)c2ccccc2[nH]1. The quantitative estimate of drug-likeness (QED) is 0.593. The maximum absolute atomic E-state index is 13.3. The van der Waals surface area contributed by atoms with Gasteiger partial charge in [-0.25, -0.2) is 4.79 Å². The molecule has 1 saturated carbocycles. The Morgan fingerprint density at radius 3 is 2.67 bits per heavy atom. The van der Waals surface area contributed by atoms with Crippen molar-refractivity contribution in [3.63, 3.8) is 0 Å². The van der Waals surface area contributed by atoms with Gasteiger partial charge in [-0.15, -0.1) is 0 Å². The molecule has 0 atom stereocenters. The Kier molecular flexibility index (Phi) is 4.14. The van der Waals surface area contributed by atoms with E-state index in [0.29, 0.717) is 23.4 Å². The molecule has 1 aromatic heterocycles. The minimum absolute atomic E-state index is 0.0628. The number of nitrogens with zero attached hydrogens (tertiary/aromatic N) is 2. The van der Waals surface area contributed by atoms with Crippen molar-refractivity contribution in [2.75, 3.05) is 11.4 Å². The molecule has 0 saturated heterocycles. The zero-order valence-electron chi connectivity index (χ0n) is 16.0. The highest BCUT2D eigenvalue weighted by molar-refractivity contribution is 5.92. The molecule has 0 spiro atoms. The lowest BCUT2D eigenvalue weighted by molar-refractivity contribution is -0.168. The Labute approximate surface area is 170 Å². The zero-order valence-corrected chi connectivity index (χ0v) is 16.0. The number of nitrogens with one attached hydrogen (secondary N) is 1. The van der Waals surface area contributed by atoms with Crippen LogP contribution >= 0.6 is 0 Å². The normalized spacial score (nSPS) is 17.2. The van der Waals surface area contributed by atoms with Gasteiger partial charge in [-0.1, -0.05) is 30.0 Å². The molecule has 7 heteroatoms. The summed E-state index contributed by atoms with van der Waals surface area (Å²) in [6, 6.07) is 12.9. The van der Waals surface area contributed by atoms with Crippen LogP contribution in [0, 0.1) is 17.3 Å². The van der Waals surface area contributed by atoms with Crippen LogP contribution in [-0.4, -0.2) is 22.7 Å². The van der Waals surface area contributed by atoms with E-state index in [1.165, 1.54) is 0 Å². The first-order chi connectivity index (χ1) is 14.4. The number of para-hydroxylation sites is 1. The Hall–Kier alpha value is -3.27. The lowest BCUT2D eigenvalue weighted by Gasteiger charge is -2.31. The van der Waals surface area contributed by atoms with Crippen LogP contribution in [-0.2, 0) is 6.42 Å². The molecule has 30 heavy (non-hydrogen) atoms. The number of benzene rings is 2. The minimum Gasteiger partial charge on any atom is -0.325 e. The van der Waals surface area contributed by atoms with Gasteiger partial charge in [-0.05, 0) is 55.5 Å². The molecule has 2 aliphatic rings. The summed E-state index contributed by atoms with van der Waals surface area (Å²) in [4.78, 5) is 21.0. The predicted molar refractivity (Wildman–Crippen MR) is 109 cm³/mol. The highest BCUT2D eigenvalue weighted by Crippen LogP contribution is 2.57. The standard InChI is InChI=1S/C23H18F3N3O/c24-23(25,26)22(12-13-22)11-10-15-5-3-9-19-16(15)7-4-14-29(19)20-17-6-1-2-8-18(17)27-21(30)28-20/h1-3,5-6,8-9H,4,7,12-14H2,(H,27,28,30). The molecule has 0 amide bonds. The third kappa shape index (κ3) is 3.04. The molecule has 1 N–H and O–H groups in total. The lowest BCUT2D eigenvalue weighted by atomic mass is 9.95. The van der Waals surface area contributed by atoms with Gasteiger partial charge in [0.05, 0.1) is 5.52 Å². The molecule has 4 nitrogen and oxygen atoms in total. The first-order valence-corrected chi connectivity index (χ1v) is 9.86. The van der Waals surface area contributed by atoms with Crippen molar-refractivity contribution in [1.82, 2.24) is 9.97 Å². The summed E-state index contributed by atoms with van der Waals surface area (Å²) in [7, 11) is 0. The molecular weight excluding hydrogens is 391 g/mol. The van der Waals surface area contributed by atoms with Crippen LogP contribution in [0.5, 0.6) is 0 Å². The second-order valence-corrected chi connectivity index (χ2v) is 7.80. The summed E-state index contributed by atoms with van der Waals surface area (Å²) in [5, 5.41) is 0.815. The fraction of sp³-hybridized carbons (Fsp3) is 0.304. The van der Waals surface area contributed by atoms with E-state index in [2.05, 4.69) is 21.8 Å².